The summed E-state index contributed by atoms with van der Waals surface area (Å²) < 4.78 is 0. The van der Waals surface area contributed by atoms with Crippen LogP contribution in [0.5, 0.6) is 0 Å². The van der Waals surface area contributed by atoms with Crippen LogP contribution in [0.15, 0.2) is 24.3 Å². The van der Waals surface area contributed by atoms with Crippen molar-refractivity contribution in [3.05, 3.63) is 35.4 Å². The number of piperazine rings is 1. The van der Waals surface area contributed by atoms with Gasteiger partial charge in [-0.2, -0.15) is 0 Å². The van der Waals surface area contributed by atoms with Gasteiger partial charge < -0.3 is 15.5 Å². The molecule has 1 aromatic carbocycles. The largest absolute Gasteiger partial charge is 0.356 e. The number of amides is 1. The Morgan fingerprint density at radius 3 is 2.54 bits per heavy atom. The van der Waals surface area contributed by atoms with Gasteiger partial charge in [0.15, 0.2) is 0 Å². The van der Waals surface area contributed by atoms with Crippen LogP contribution in [0.2, 0.25) is 0 Å². The molecule has 0 radical (unpaired) electrons. The molecule has 2 N–H and O–H groups in total. The lowest BCUT2D eigenvalue weighted by molar-refractivity contribution is -0.121. The smallest absolute Gasteiger partial charge is 0.219 e. The molecule has 136 valence electrons. The summed E-state index contributed by atoms with van der Waals surface area (Å²) in [6, 6.07) is 8.68. The van der Waals surface area contributed by atoms with E-state index in [1.54, 1.807) is 0 Å². The standard InChI is InChI=1S/C19H31N3O.ClH/c1-17-7-9-18(10-8-17)5-2-3-6-19(23)21-11-4-14-22-15-12-20-13-16-22;/h7-10,20H,2-6,11-16H2,1H3,(H,21,23);1H. The monoisotopic (exact) mass is 353 g/mol. The molecule has 1 saturated heterocycles. The Morgan fingerprint density at radius 1 is 1.12 bits per heavy atom. The van der Waals surface area contributed by atoms with E-state index in [4.69, 9.17) is 0 Å². The fourth-order valence-corrected chi connectivity index (χ4v) is 2.92. The fraction of sp³-hybridized carbons (Fsp3) is 0.632. The van der Waals surface area contributed by atoms with Gasteiger partial charge in [0, 0.05) is 39.1 Å². The second-order valence-electron chi connectivity index (χ2n) is 6.49. The third-order valence-electron chi connectivity index (χ3n) is 4.42. The van der Waals surface area contributed by atoms with Gasteiger partial charge in [-0.15, -0.1) is 12.4 Å². The molecule has 1 fully saturated rings. The van der Waals surface area contributed by atoms with Gasteiger partial charge in [-0.3, -0.25) is 4.79 Å². The normalized spacial score (nSPS) is 14.9. The number of hydrogen-bond donors (Lipinski definition) is 2. The van der Waals surface area contributed by atoms with E-state index in [1.165, 1.54) is 11.1 Å². The topological polar surface area (TPSA) is 44.4 Å². The quantitative estimate of drug-likeness (QED) is 0.670. The predicted octanol–water partition coefficient (Wildman–Crippen LogP) is 2.54. The lowest BCUT2D eigenvalue weighted by atomic mass is 10.1. The molecule has 0 aromatic heterocycles. The molecule has 1 heterocycles. The van der Waals surface area contributed by atoms with Crippen molar-refractivity contribution in [3.63, 3.8) is 0 Å². The summed E-state index contributed by atoms with van der Waals surface area (Å²) in [6.45, 7) is 8.45. The van der Waals surface area contributed by atoms with Crippen molar-refractivity contribution >= 4 is 18.3 Å². The second kappa shape index (κ2) is 12.3. The van der Waals surface area contributed by atoms with Gasteiger partial charge in [0.2, 0.25) is 5.91 Å². The Morgan fingerprint density at radius 2 is 1.83 bits per heavy atom. The minimum absolute atomic E-state index is 0. The van der Waals surface area contributed by atoms with Crippen LogP contribution in [-0.2, 0) is 11.2 Å². The molecule has 1 amide bonds. The molecule has 1 aliphatic heterocycles. The number of unbranched alkanes of at least 4 members (excludes halogenated alkanes) is 1. The first-order chi connectivity index (χ1) is 11.2. The van der Waals surface area contributed by atoms with E-state index in [0.717, 1.165) is 65.0 Å². The molecular weight excluding hydrogens is 322 g/mol. The molecule has 2 rings (SSSR count). The maximum absolute atomic E-state index is 11.8. The van der Waals surface area contributed by atoms with E-state index >= 15 is 0 Å². The van der Waals surface area contributed by atoms with E-state index in [2.05, 4.69) is 46.7 Å². The van der Waals surface area contributed by atoms with E-state index in [9.17, 15) is 4.79 Å². The molecule has 4 nitrogen and oxygen atoms in total. The molecule has 0 saturated carbocycles. The lowest BCUT2D eigenvalue weighted by Crippen LogP contribution is -2.44. The Balaban J connectivity index is 0.00000288. The second-order valence-corrected chi connectivity index (χ2v) is 6.49. The molecule has 0 atom stereocenters. The van der Waals surface area contributed by atoms with Crippen LogP contribution in [0.1, 0.15) is 36.8 Å². The fourth-order valence-electron chi connectivity index (χ4n) is 2.92. The zero-order chi connectivity index (χ0) is 16.3. The van der Waals surface area contributed by atoms with Crippen LogP contribution >= 0.6 is 12.4 Å². The first kappa shape index (κ1) is 20.9. The summed E-state index contributed by atoms with van der Waals surface area (Å²) in [6.07, 6.45) is 4.82. The van der Waals surface area contributed by atoms with Crippen LogP contribution in [0, 0.1) is 6.92 Å². The highest BCUT2D eigenvalue weighted by atomic mass is 35.5. The molecule has 24 heavy (non-hydrogen) atoms. The van der Waals surface area contributed by atoms with Crippen LogP contribution in [0.3, 0.4) is 0 Å². The van der Waals surface area contributed by atoms with Crippen molar-refractivity contribution in [1.82, 2.24) is 15.5 Å². The SMILES string of the molecule is Cc1ccc(CCCCC(=O)NCCCN2CCNCC2)cc1.Cl. The Bertz CT molecular complexity index is 458. The Kier molecular flexibility index (Phi) is 10.7. The summed E-state index contributed by atoms with van der Waals surface area (Å²) in [4.78, 5) is 14.3. The predicted molar refractivity (Wildman–Crippen MR) is 103 cm³/mol. The average molecular weight is 354 g/mol. The number of nitrogens with one attached hydrogen (secondary N) is 2. The molecule has 1 aromatic rings. The van der Waals surface area contributed by atoms with Crippen LogP contribution in [0.4, 0.5) is 0 Å². The number of carbonyl (C=O) groups excluding carboxylic acids is 1. The van der Waals surface area contributed by atoms with Gasteiger partial charge in [0.25, 0.3) is 0 Å². The van der Waals surface area contributed by atoms with E-state index in [0.29, 0.717) is 6.42 Å². The van der Waals surface area contributed by atoms with Crippen LogP contribution in [0.25, 0.3) is 0 Å². The number of carbonyl (C=O) groups is 1. The number of nitrogens with zero attached hydrogens (tertiary/aromatic N) is 1. The van der Waals surface area contributed by atoms with Crippen LogP contribution in [-0.4, -0.2) is 50.1 Å². The molecule has 0 spiro atoms. The molecular formula is C19H32ClN3O. The van der Waals surface area contributed by atoms with E-state index in [-0.39, 0.29) is 18.3 Å². The highest BCUT2D eigenvalue weighted by molar-refractivity contribution is 5.85. The third-order valence-corrected chi connectivity index (χ3v) is 4.42. The molecule has 0 unspecified atom stereocenters. The first-order valence-electron chi connectivity index (χ1n) is 8.99. The van der Waals surface area contributed by atoms with Crippen LogP contribution < -0.4 is 10.6 Å². The van der Waals surface area contributed by atoms with Gasteiger partial charge in [0.05, 0.1) is 0 Å². The zero-order valence-corrected chi connectivity index (χ0v) is 15.7. The maximum atomic E-state index is 11.8. The lowest BCUT2D eigenvalue weighted by Gasteiger charge is -2.27. The van der Waals surface area contributed by atoms with Crippen molar-refractivity contribution in [2.24, 2.45) is 0 Å². The number of benzene rings is 1. The zero-order valence-electron chi connectivity index (χ0n) is 14.9. The van der Waals surface area contributed by atoms with Crippen molar-refractivity contribution < 1.29 is 4.79 Å². The maximum Gasteiger partial charge on any atom is 0.219 e. The number of rotatable bonds is 9. The van der Waals surface area contributed by atoms with E-state index in [1.807, 2.05) is 0 Å². The molecule has 5 heteroatoms. The number of halogens is 1. The average Bonchev–Trinajstić information content (AvgIpc) is 2.58. The first-order valence-corrected chi connectivity index (χ1v) is 8.99. The third kappa shape index (κ3) is 8.67. The van der Waals surface area contributed by atoms with Gasteiger partial charge in [-0.25, -0.2) is 0 Å². The summed E-state index contributed by atoms with van der Waals surface area (Å²) in [5, 5.41) is 6.40. The Hall–Kier alpha value is -1.10. The molecule has 1 aliphatic rings. The van der Waals surface area contributed by atoms with Gasteiger partial charge >= 0.3 is 0 Å². The summed E-state index contributed by atoms with van der Waals surface area (Å²) in [5.41, 5.74) is 2.67. The summed E-state index contributed by atoms with van der Waals surface area (Å²) in [7, 11) is 0. The van der Waals surface area contributed by atoms with Crippen molar-refractivity contribution in [3.8, 4) is 0 Å². The van der Waals surface area contributed by atoms with Gasteiger partial charge in [-0.05, 0) is 44.7 Å². The molecule has 0 bridgehead atoms. The van der Waals surface area contributed by atoms with Gasteiger partial charge in [-0.1, -0.05) is 29.8 Å². The highest BCUT2D eigenvalue weighted by Crippen LogP contribution is 2.08. The summed E-state index contributed by atoms with van der Waals surface area (Å²) >= 11 is 0. The van der Waals surface area contributed by atoms with Crippen molar-refractivity contribution in [2.75, 3.05) is 39.3 Å². The number of hydrogen-bond acceptors (Lipinski definition) is 3. The van der Waals surface area contributed by atoms with Crippen molar-refractivity contribution in [1.29, 1.82) is 0 Å². The highest BCUT2D eigenvalue weighted by Gasteiger charge is 2.08. The Labute approximate surface area is 152 Å². The number of aryl methyl sites for hydroxylation is 2. The molecule has 0 aliphatic carbocycles. The van der Waals surface area contributed by atoms with E-state index < -0.39 is 0 Å². The summed E-state index contributed by atoms with van der Waals surface area (Å²) in [5.74, 6) is 0.203. The minimum atomic E-state index is 0. The van der Waals surface area contributed by atoms with Gasteiger partial charge in [0.1, 0.15) is 0 Å². The van der Waals surface area contributed by atoms with Crippen molar-refractivity contribution in [2.45, 2.75) is 39.0 Å². The minimum Gasteiger partial charge on any atom is -0.356 e.